The third kappa shape index (κ3) is 2.61. The Kier molecular flexibility index (Phi) is 4.13. The number of nitrogens with two attached hydrogens (primary N) is 1. The Balaban J connectivity index is 2.52. The second-order valence-electron chi connectivity index (χ2n) is 5.21. The fourth-order valence-corrected chi connectivity index (χ4v) is 2.93. The van der Waals surface area contributed by atoms with Gasteiger partial charge in [-0.25, -0.2) is 17.6 Å². The molecule has 1 aliphatic rings. The van der Waals surface area contributed by atoms with Gasteiger partial charge in [0.2, 0.25) is 0 Å². The minimum atomic E-state index is -2.81. The summed E-state index contributed by atoms with van der Waals surface area (Å²) in [5.41, 5.74) is 4.58. The summed E-state index contributed by atoms with van der Waals surface area (Å²) in [7, 11) is 0. The molecule has 0 spiro atoms. The maximum Gasteiger partial charge on any atom is 0.263 e. The molecule has 1 nitrogen and oxygen atoms in total. The molecule has 0 amide bonds. The van der Waals surface area contributed by atoms with Crippen LogP contribution in [0.5, 0.6) is 0 Å². The van der Waals surface area contributed by atoms with Crippen LogP contribution in [-0.2, 0) is 5.41 Å². The van der Waals surface area contributed by atoms with Crippen molar-refractivity contribution in [2.24, 2.45) is 5.73 Å². The van der Waals surface area contributed by atoms with Crippen molar-refractivity contribution in [3.8, 4) is 0 Å². The number of hydrogen-bond donors (Lipinski definition) is 1. The first kappa shape index (κ1) is 14.3. The van der Waals surface area contributed by atoms with Crippen LogP contribution in [-0.4, -0.2) is 6.54 Å². The molecule has 5 heteroatoms. The molecule has 1 aromatic rings. The molecule has 1 aromatic carbocycles. The van der Waals surface area contributed by atoms with Gasteiger partial charge >= 0.3 is 0 Å². The number of hydrogen-bond acceptors (Lipinski definition) is 1. The summed E-state index contributed by atoms with van der Waals surface area (Å²) in [6.07, 6.45) is 1.15. The van der Waals surface area contributed by atoms with Crippen LogP contribution in [0, 0.1) is 11.6 Å². The van der Waals surface area contributed by atoms with E-state index in [1.165, 1.54) is 0 Å². The largest absolute Gasteiger partial charge is 0.330 e. The van der Waals surface area contributed by atoms with Gasteiger partial charge in [-0.2, -0.15) is 0 Å². The van der Waals surface area contributed by atoms with E-state index in [1.807, 2.05) is 0 Å². The fourth-order valence-electron chi connectivity index (χ4n) is 2.93. The number of halogens is 4. The highest BCUT2D eigenvalue weighted by Crippen LogP contribution is 2.41. The van der Waals surface area contributed by atoms with Gasteiger partial charge in [0, 0.05) is 17.5 Å². The van der Waals surface area contributed by atoms with E-state index in [-0.39, 0.29) is 12.1 Å². The first-order chi connectivity index (χ1) is 9.00. The Bertz CT molecular complexity index is 453. The predicted octanol–water partition coefficient (Wildman–Crippen LogP) is 4.06. The zero-order valence-corrected chi connectivity index (χ0v) is 10.6. The van der Waals surface area contributed by atoms with Crippen molar-refractivity contribution in [1.82, 2.24) is 0 Å². The highest BCUT2D eigenvalue weighted by Gasteiger charge is 2.36. The third-order valence-electron chi connectivity index (χ3n) is 4.08. The van der Waals surface area contributed by atoms with Crippen molar-refractivity contribution in [2.75, 3.05) is 6.54 Å². The van der Waals surface area contributed by atoms with Gasteiger partial charge in [0.05, 0.1) is 0 Å². The monoisotopic (exact) mass is 275 g/mol. The molecule has 0 aromatic heterocycles. The zero-order chi connectivity index (χ0) is 14.0. The van der Waals surface area contributed by atoms with E-state index in [0.717, 1.165) is 25.3 Å². The SMILES string of the molecule is NCC1(c2cc(C(F)F)cc(F)c2F)CCCCC1. The molecule has 1 fully saturated rings. The van der Waals surface area contributed by atoms with Gasteiger partial charge in [0.1, 0.15) is 0 Å². The zero-order valence-electron chi connectivity index (χ0n) is 10.6. The first-order valence-corrected chi connectivity index (χ1v) is 6.48. The smallest absolute Gasteiger partial charge is 0.263 e. The molecular formula is C14H17F4N. The molecule has 0 unspecified atom stereocenters. The lowest BCUT2D eigenvalue weighted by Gasteiger charge is -2.37. The molecule has 19 heavy (non-hydrogen) atoms. The molecule has 1 aliphatic carbocycles. The van der Waals surface area contributed by atoms with Crippen LogP contribution < -0.4 is 5.73 Å². The first-order valence-electron chi connectivity index (χ1n) is 6.48. The summed E-state index contributed by atoms with van der Waals surface area (Å²) < 4.78 is 53.0. The summed E-state index contributed by atoms with van der Waals surface area (Å²) >= 11 is 0. The van der Waals surface area contributed by atoms with E-state index < -0.39 is 29.0 Å². The minimum Gasteiger partial charge on any atom is -0.330 e. The molecule has 106 valence electrons. The van der Waals surface area contributed by atoms with Gasteiger partial charge in [-0.05, 0) is 30.5 Å². The second-order valence-corrected chi connectivity index (χ2v) is 5.21. The van der Waals surface area contributed by atoms with Crippen LogP contribution >= 0.6 is 0 Å². The lowest BCUT2D eigenvalue weighted by molar-refractivity contribution is 0.150. The minimum absolute atomic E-state index is 0.0185. The quantitative estimate of drug-likeness (QED) is 0.827. The summed E-state index contributed by atoms with van der Waals surface area (Å²) in [5.74, 6) is -2.25. The Morgan fingerprint density at radius 3 is 2.26 bits per heavy atom. The average molecular weight is 275 g/mol. The summed E-state index contributed by atoms with van der Waals surface area (Å²) in [5, 5.41) is 0. The molecule has 0 heterocycles. The Morgan fingerprint density at radius 2 is 1.74 bits per heavy atom. The third-order valence-corrected chi connectivity index (χ3v) is 4.08. The highest BCUT2D eigenvalue weighted by atomic mass is 19.3. The number of benzene rings is 1. The topological polar surface area (TPSA) is 26.0 Å². The van der Waals surface area contributed by atoms with E-state index in [0.29, 0.717) is 18.9 Å². The fraction of sp³-hybridized carbons (Fsp3) is 0.571. The molecular weight excluding hydrogens is 258 g/mol. The standard InChI is InChI=1S/C14H17F4N/c15-11-7-9(13(17)18)6-10(12(11)16)14(8-19)4-2-1-3-5-14/h6-7,13H,1-5,8,19H2. The van der Waals surface area contributed by atoms with Crippen molar-refractivity contribution in [3.05, 3.63) is 34.9 Å². The maximum atomic E-state index is 14.0. The van der Waals surface area contributed by atoms with Gasteiger partial charge in [-0.3, -0.25) is 0 Å². The van der Waals surface area contributed by atoms with Crippen LogP contribution in [0.2, 0.25) is 0 Å². The second kappa shape index (κ2) is 5.49. The van der Waals surface area contributed by atoms with E-state index in [1.54, 1.807) is 0 Å². The lowest BCUT2D eigenvalue weighted by atomic mass is 9.69. The number of rotatable bonds is 3. The predicted molar refractivity (Wildman–Crippen MR) is 65.1 cm³/mol. The van der Waals surface area contributed by atoms with Crippen molar-refractivity contribution in [3.63, 3.8) is 0 Å². The van der Waals surface area contributed by atoms with E-state index in [2.05, 4.69) is 0 Å². The van der Waals surface area contributed by atoms with Crippen LogP contribution in [0.25, 0.3) is 0 Å². The molecule has 2 N–H and O–H groups in total. The van der Waals surface area contributed by atoms with Gasteiger partial charge in [0.25, 0.3) is 6.43 Å². The van der Waals surface area contributed by atoms with Gasteiger partial charge in [-0.1, -0.05) is 19.3 Å². The Morgan fingerprint density at radius 1 is 1.11 bits per heavy atom. The Hall–Kier alpha value is -1.10. The van der Waals surface area contributed by atoms with Gasteiger partial charge in [-0.15, -0.1) is 0 Å². The molecule has 1 saturated carbocycles. The van der Waals surface area contributed by atoms with E-state index in [4.69, 9.17) is 5.73 Å². The van der Waals surface area contributed by atoms with Crippen molar-refractivity contribution >= 4 is 0 Å². The maximum absolute atomic E-state index is 14.0. The molecule has 0 aliphatic heterocycles. The highest BCUT2D eigenvalue weighted by molar-refractivity contribution is 5.34. The number of alkyl halides is 2. The van der Waals surface area contributed by atoms with Gasteiger partial charge in [0.15, 0.2) is 11.6 Å². The van der Waals surface area contributed by atoms with Crippen LogP contribution in [0.15, 0.2) is 12.1 Å². The normalized spacial score (nSPS) is 18.8. The van der Waals surface area contributed by atoms with E-state index in [9.17, 15) is 17.6 Å². The van der Waals surface area contributed by atoms with Crippen LogP contribution in [0.1, 0.15) is 49.7 Å². The van der Waals surface area contributed by atoms with Crippen molar-refractivity contribution in [2.45, 2.75) is 43.9 Å². The summed E-state index contributed by atoms with van der Waals surface area (Å²) in [4.78, 5) is 0. The Labute approximate surface area is 109 Å². The average Bonchev–Trinajstić information content (AvgIpc) is 2.42. The van der Waals surface area contributed by atoms with Crippen LogP contribution in [0.3, 0.4) is 0 Å². The molecule has 0 radical (unpaired) electrons. The molecule has 0 saturated heterocycles. The van der Waals surface area contributed by atoms with E-state index >= 15 is 0 Å². The summed E-state index contributed by atoms with van der Waals surface area (Å²) in [6.45, 7) is 0.149. The molecule has 0 bridgehead atoms. The van der Waals surface area contributed by atoms with Gasteiger partial charge < -0.3 is 5.73 Å². The van der Waals surface area contributed by atoms with Crippen LogP contribution in [0.4, 0.5) is 17.6 Å². The van der Waals surface area contributed by atoms with Crippen molar-refractivity contribution in [1.29, 1.82) is 0 Å². The molecule has 0 atom stereocenters. The molecule has 2 rings (SSSR count). The van der Waals surface area contributed by atoms with Crippen molar-refractivity contribution < 1.29 is 17.6 Å². The lowest BCUT2D eigenvalue weighted by Crippen LogP contribution is -2.38. The summed E-state index contributed by atoms with van der Waals surface area (Å²) in [6, 6.07) is 1.65.